The van der Waals surface area contributed by atoms with Crippen molar-refractivity contribution in [3.8, 4) is 35.4 Å². The maximum Gasteiger partial charge on any atom is 0.408 e. The Hall–Kier alpha value is -4.80. The first kappa shape index (κ1) is 37.1. The minimum Gasteiger partial charge on any atom is -0.508 e. The van der Waals surface area contributed by atoms with Crippen LogP contribution in [-0.2, 0) is 9.47 Å². The minimum absolute atomic E-state index is 0.0000426. The summed E-state index contributed by atoms with van der Waals surface area (Å²) in [6.45, 7) is 9.91. The second-order valence-corrected chi connectivity index (χ2v) is 16.7. The molecule has 4 aliphatic rings. The molecular formula is C42H48F2N6O5. The number of nitrogens with zero attached hydrogens (tertiary/aromatic N) is 5. The molecule has 0 radical (unpaired) electrons. The number of alkyl carbamates (subject to hydrolysis) is 1. The molecule has 4 aromatic rings. The summed E-state index contributed by atoms with van der Waals surface area (Å²) in [6.07, 6.45) is 14.5. The molecule has 2 N–H and O–H groups in total. The first-order chi connectivity index (χ1) is 26.4. The Labute approximate surface area is 319 Å². The van der Waals surface area contributed by atoms with E-state index >= 15 is 4.39 Å². The quantitative estimate of drug-likeness (QED) is 0.180. The summed E-state index contributed by atoms with van der Waals surface area (Å²) in [5, 5.41) is 14.9. The van der Waals surface area contributed by atoms with Crippen LogP contribution in [0.1, 0.15) is 77.7 Å². The number of piperidine rings is 1. The Bertz CT molecular complexity index is 2170. The molecule has 8 rings (SSSR count). The fourth-order valence-electron chi connectivity index (χ4n) is 9.02. The molecule has 4 heterocycles. The average Bonchev–Trinajstić information content (AvgIpc) is 3.83. The van der Waals surface area contributed by atoms with Crippen molar-refractivity contribution in [1.82, 2.24) is 25.2 Å². The molecule has 2 saturated carbocycles. The van der Waals surface area contributed by atoms with E-state index in [1.807, 2.05) is 25.7 Å². The lowest BCUT2D eigenvalue weighted by atomic mass is 9.75. The molecule has 0 spiro atoms. The number of aromatic hydroxyl groups is 1. The smallest absolute Gasteiger partial charge is 0.408 e. The number of aromatic nitrogens is 3. The number of phenols is 1. The van der Waals surface area contributed by atoms with Crippen LogP contribution in [0.5, 0.6) is 11.8 Å². The number of carbonyl (C=O) groups is 1. The molecule has 55 heavy (non-hydrogen) atoms. The van der Waals surface area contributed by atoms with Gasteiger partial charge in [-0.1, -0.05) is 18.4 Å². The fourth-order valence-corrected chi connectivity index (χ4v) is 9.02. The first-order valence-electron chi connectivity index (χ1n) is 19.4. The highest BCUT2D eigenvalue weighted by Crippen LogP contribution is 2.50. The van der Waals surface area contributed by atoms with Gasteiger partial charge in [0.05, 0.1) is 29.7 Å². The van der Waals surface area contributed by atoms with Gasteiger partial charge in [0.15, 0.2) is 5.82 Å². The Kier molecular flexibility index (Phi) is 9.70. The zero-order valence-electron chi connectivity index (χ0n) is 31.7. The van der Waals surface area contributed by atoms with Crippen LogP contribution >= 0.6 is 0 Å². The van der Waals surface area contributed by atoms with Crippen molar-refractivity contribution in [2.45, 2.75) is 89.3 Å². The maximum absolute atomic E-state index is 17.0. The second kappa shape index (κ2) is 14.4. The molecule has 2 saturated heterocycles. The van der Waals surface area contributed by atoms with Crippen molar-refractivity contribution in [3.05, 3.63) is 47.7 Å². The van der Waals surface area contributed by atoms with Crippen LogP contribution in [0.4, 0.5) is 19.4 Å². The molecule has 2 aromatic heterocycles. The van der Waals surface area contributed by atoms with Crippen molar-refractivity contribution in [1.29, 1.82) is 0 Å². The topological polar surface area (TPSA) is 122 Å². The number of amides is 1. The standard InChI is InChI=1S/C42H48F2N6O5/c1-5-28-31(43)11-10-26-21-27(51)22-29(33(26)28)35-34(44)36-30(23-45-35)37(49-17-8-19-53-20-18-49)47-38(46-36)54-25-41-12-6-9-32(41)50(16-7-13-41)24-42(14-15-42)48-39(52)55-40(2,3)4/h1,10-11,21-23,32,51H,6-9,12-20,24-25H2,2-4H3,(H,48,52). The van der Waals surface area contributed by atoms with Gasteiger partial charge in [-0.3, -0.25) is 9.88 Å². The van der Waals surface area contributed by atoms with Crippen molar-refractivity contribution < 1.29 is 32.9 Å². The number of nitrogens with one attached hydrogen (secondary N) is 1. The summed E-state index contributed by atoms with van der Waals surface area (Å²) >= 11 is 0. The number of pyridine rings is 1. The van der Waals surface area contributed by atoms with E-state index in [1.54, 1.807) is 0 Å². The minimum atomic E-state index is -0.760. The highest BCUT2D eigenvalue weighted by atomic mass is 19.1. The number of anilines is 1. The Morgan fingerprint density at radius 1 is 1.09 bits per heavy atom. The van der Waals surface area contributed by atoms with E-state index in [0.29, 0.717) is 49.5 Å². The van der Waals surface area contributed by atoms with Crippen LogP contribution in [0.15, 0.2) is 30.5 Å². The summed E-state index contributed by atoms with van der Waals surface area (Å²) in [6, 6.07) is 5.82. The number of likely N-dealkylation sites (tertiary alicyclic amines) is 1. The molecule has 2 aromatic carbocycles. The number of phenolic OH excluding ortho intramolecular Hbond substituents is 1. The number of terminal acetylenes is 1. The third kappa shape index (κ3) is 7.34. The molecule has 2 unspecified atom stereocenters. The molecular weight excluding hydrogens is 706 g/mol. The van der Waals surface area contributed by atoms with Gasteiger partial charge < -0.3 is 29.5 Å². The summed E-state index contributed by atoms with van der Waals surface area (Å²) in [5.74, 6) is 1.35. The van der Waals surface area contributed by atoms with E-state index in [9.17, 15) is 14.3 Å². The van der Waals surface area contributed by atoms with Crippen LogP contribution in [-0.4, -0.2) is 94.2 Å². The predicted octanol–water partition coefficient (Wildman–Crippen LogP) is 7.11. The van der Waals surface area contributed by atoms with Crippen molar-refractivity contribution in [3.63, 3.8) is 0 Å². The number of fused-ring (bicyclic) bond motifs is 3. The van der Waals surface area contributed by atoms with Crippen molar-refractivity contribution in [2.24, 2.45) is 5.41 Å². The van der Waals surface area contributed by atoms with Gasteiger partial charge in [-0.2, -0.15) is 9.97 Å². The number of ether oxygens (including phenoxy) is 3. The molecule has 0 bridgehead atoms. The van der Waals surface area contributed by atoms with E-state index in [1.165, 1.54) is 30.5 Å². The molecule has 4 fully saturated rings. The summed E-state index contributed by atoms with van der Waals surface area (Å²) in [7, 11) is 0. The van der Waals surface area contributed by atoms with Crippen LogP contribution in [0.2, 0.25) is 0 Å². The Morgan fingerprint density at radius 2 is 1.91 bits per heavy atom. The van der Waals surface area contributed by atoms with Crippen molar-refractivity contribution >= 4 is 33.6 Å². The van der Waals surface area contributed by atoms with Gasteiger partial charge in [-0.15, -0.1) is 6.42 Å². The predicted molar refractivity (Wildman–Crippen MR) is 205 cm³/mol. The first-order valence-corrected chi connectivity index (χ1v) is 19.4. The monoisotopic (exact) mass is 754 g/mol. The highest BCUT2D eigenvalue weighted by molar-refractivity contribution is 6.03. The van der Waals surface area contributed by atoms with E-state index in [4.69, 9.17) is 25.6 Å². The number of hydrogen-bond donors (Lipinski definition) is 2. The zero-order valence-corrected chi connectivity index (χ0v) is 31.7. The number of halogens is 2. The van der Waals surface area contributed by atoms with Gasteiger partial charge in [0.25, 0.3) is 0 Å². The Morgan fingerprint density at radius 3 is 2.69 bits per heavy atom. The van der Waals surface area contributed by atoms with Crippen LogP contribution in [0.3, 0.4) is 0 Å². The number of hydrogen-bond acceptors (Lipinski definition) is 10. The third-order valence-electron chi connectivity index (χ3n) is 11.7. The SMILES string of the molecule is C#Cc1c(F)ccc2cc(O)cc(-c3ncc4c(N5CCCOCC5)nc(OCC56CCCC5N(CC5(NC(=O)OC(C)(C)C)CC5)CCC6)nc4c3F)c12. The highest BCUT2D eigenvalue weighted by Gasteiger charge is 2.53. The lowest BCUT2D eigenvalue weighted by Crippen LogP contribution is -2.56. The van der Waals surface area contributed by atoms with Crippen LogP contribution in [0.25, 0.3) is 32.9 Å². The molecule has 11 nitrogen and oxygen atoms in total. The molecule has 1 amide bonds. The molecule has 2 atom stereocenters. The lowest BCUT2D eigenvalue weighted by molar-refractivity contribution is -0.00759. The normalized spacial score (nSPS) is 22.5. The summed E-state index contributed by atoms with van der Waals surface area (Å²) < 4.78 is 49.9. The van der Waals surface area contributed by atoms with Gasteiger partial charge in [-0.05, 0) is 95.8 Å². The average molecular weight is 755 g/mol. The van der Waals surface area contributed by atoms with Gasteiger partial charge in [0.1, 0.15) is 34.2 Å². The molecule has 2 aliphatic heterocycles. The zero-order chi connectivity index (χ0) is 38.5. The van der Waals surface area contributed by atoms with Gasteiger partial charge in [0.2, 0.25) is 0 Å². The van der Waals surface area contributed by atoms with Gasteiger partial charge in [-0.25, -0.2) is 13.6 Å². The van der Waals surface area contributed by atoms with Crippen molar-refractivity contribution in [2.75, 3.05) is 50.9 Å². The largest absolute Gasteiger partial charge is 0.508 e. The van der Waals surface area contributed by atoms with E-state index in [-0.39, 0.29) is 62.6 Å². The fraction of sp³-hybridized carbons (Fsp3) is 0.524. The Balaban J connectivity index is 1.13. The van der Waals surface area contributed by atoms with Crippen LogP contribution in [0, 0.1) is 29.4 Å². The van der Waals surface area contributed by atoms with E-state index in [2.05, 4.69) is 26.1 Å². The summed E-state index contributed by atoms with van der Waals surface area (Å²) in [4.78, 5) is 31.4. The van der Waals surface area contributed by atoms with E-state index < -0.39 is 17.2 Å². The maximum atomic E-state index is 17.0. The molecule has 13 heteroatoms. The summed E-state index contributed by atoms with van der Waals surface area (Å²) in [5.41, 5.74) is -1.05. The van der Waals surface area contributed by atoms with Crippen LogP contribution < -0.4 is 15.0 Å². The molecule has 2 aliphatic carbocycles. The second-order valence-electron chi connectivity index (χ2n) is 16.7. The van der Waals surface area contributed by atoms with E-state index in [0.717, 1.165) is 64.5 Å². The third-order valence-corrected chi connectivity index (χ3v) is 11.7. The van der Waals surface area contributed by atoms with Gasteiger partial charge >= 0.3 is 12.1 Å². The molecule has 290 valence electrons. The number of benzene rings is 2. The lowest BCUT2D eigenvalue weighted by Gasteiger charge is -2.47. The number of carbonyl (C=O) groups excluding carboxylic acids is 1. The van der Waals surface area contributed by atoms with Gasteiger partial charge in [0, 0.05) is 54.8 Å². The number of rotatable bonds is 8.